The van der Waals surface area contributed by atoms with Crippen molar-refractivity contribution in [3.05, 3.63) is 70.5 Å². The predicted octanol–water partition coefficient (Wildman–Crippen LogP) is 5.00. The van der Waals surface area contributed by atoms with Gasteiger partial charge in [0.05, 0.1) is 28.1 Å². The van der Waals surface area contributed by atoms with Gasteiger partial charge in [0, 0.05) is 4.47 Å². The summed E-state index contributed by atoms with van der Waals surface area (Å²) in [6, 6.07) is 16.9. The quantitative estimate of drug-likeness (QED) is 0.466. The van der Waals surface area contributed by atoms with E-state index in [1.807, 2.05) is 6.07 Å². The summed E-state index contributed by atoms with van der Waals surface area (Å²) >= 11 is 3.58. The normalized spacial score (nSPS) is 13.8. The first kappa shape index (κ1) is 13.1. The summed E-state index contributed by atoms with van der Waals surface area (Å²) in [5, 5.41) is 0. The third-order valence-corrected chi connectivity index (χ3v) is 4.93. The van der Waals surface area contributed by atoms with Crippen molar-refractivity contribution in [1.29, 1.82) is 0 Å². The van der Waals surface area contributed by atoms with E-state index in [1.165, 1.54) is 16.7 Å². The van der Waals surface area contributed by atoms with Crippen LogP contribution < -0.4 is 0 Å². The van der Waals surface area contributed by atoms with Crippen LogP contribution in [0.15, 0.2) is 59.1 Å². The number of hydrogen-bond donors (Lipinski definition) is 0. The Morgan fingerprint density at radius 3 is 2.74 bits per heavy atom. The predicted molar refractivity (Wildman–Crippen MR) is 97.1 cm³/mol. The van der Waals surface area contributed by atoms with Crippen LogP contribution in [-0.4, -0.2) is 14.0 Å². The van der Waals surface area contributed by atoms with Crippen molar-refractivity contribution in [2.75, 3.05) is 0 Å². The van der Waals surface area contributed by atoms with Crippen LogP contribution in [0.25, 0.3) is 28.6 Å². The fraction of sp³-hybridized carbons (Fsp3) is 0.105. The molecule has 2 aromatic carbocycles. The fourth-order valence-electron chi connectivity index (χ4n) is 3.47. The van der Waals surface area contributed by atoms with Crippen molar-refractivity contribution in [1.82, 2.24) is 14.0 Å². The maximum absolute atomic E-state index is 4.92. The first-order chi connectivity index (χ1) is 11.3. The highest BCUT2D eigenvalue weighted by Crippen LogP contribution is 2.30. The molecule has 1 aliphatic rings. The average Bonchev–Trinajstić information content (AvgIpc) is 3.09. The van der Waals surface area contributed by atoms with Gasteiger partial charge in [-0.3, -0.25) is 8.97 Å². The molecule has 4 heteroatoms. The number of para-hydroxylation sites is 2. The Kier molecular flexibility index (Phi) is 2.76. The molecule has 2 aromatic heterocycles. The maximum atomic E-state index is 4.92. The van der Waals surface area contributed by atoms with Crippen LogP contribution in [-0.2, 0) is 6.42 Å². The minimum absolute atomic E-state index is 0.987. The molecule has 0 unspecified atom stereocenters. The van der Waals surface area contributed by atoms with Crippen molar-refractivity contribution in [2.24, 2.45) is 0 Å². The molecule has 0 radical (unpaired) electrons. The number of hydrogen-bond acceptors (Lipinski definition) is 1. The second-order valence-electron chi connectivity index (χ2n) is 5.82. The third kappa shape index (κ3) is 1.85. The Labute approximate surface area is 142 Å². The first-order valence-electron chi connectivity index (χ1n) is 7.76. The highest BCUT2D eigenvalue weighted by atomic mass is 79.9. The molecule has 0 N–H and O–H groups in total. The lowest BCUT2D eigenvalue weighted by Crippen LogP contribution is -1.96. The van der Waals surface area contributed by atoms with Gasteiger partial charge in [0.15, 0.2) is 0 Å². The zero-order chi connectivity index (χ0) is 15.4. The molecule has 5 rings (SSSR count). The highest BCUT2D eigenvalue weighted by Gasteiger charge is 2.20. The van der Waals surface area contributed by atoms with Crippen LogP contribution in [0, 0.1) is 0 Å². The van der Waals surface area contributed by atoms with E-state index in [4.69, 9.17) is 4.98 Å². The molecule has 0 amide bonds. The number of allylic oxidation sites excluding steroid dienone is 1. The van der Waals surface area contributed by atoms with Crippen molar-refractivity contribution in [3.8, 4) is 5.69 Å². The first-order valence-corrected chi connectivity index (χ1v) is 8.55. The minimum atomic E-state index is 0.987. The molecule has 4 aromatic rings. The van der Waals surface area contributed by atoms with Crippen LogP contribution in [0.5, 0.6) is 0 Å². The number of halogens is 1. The van der Waals surface area contributed by atoms with Gasteiger partial charge in [0.1, 0.15) is 0 Å². The van der Waals surface area contributed by atoms with Gasteiger partial charge in [-0.15, -0.1) is 0 Å². The summed E-state index contributed by atoms with van der Waals surface area (Å²) in [5.74, 6) is 0.987. The van der Waals surface area contributed by atoms with Crippen molar-refractivity contribution in [2.45, 2.75) is 12.8 Å². The number of rotatable bonds is 1. The topological polar surface area (TPSA) is 22.2 Å². The SMILES string of the molecule is Brc1cccc(-n2c3ccccc3n3c4c(nc23)C=CCC4)c1. The van der Waals surface area contributed by atoms with E-state index in [2.05, 4.69) is 79.5 Å². The molecule has 23 heavy (non-hydrogen) atoms. The Bertz CT molecular complexity index is 1080. The van der Waals surface area contributed by atoms with Crippen molar-refractivity contribution < 1.29 is 0 Å². The standard InChI is InChI=1S/C19H14BrN3/c20-13-6-5-7-14(12-13)22-17-10-3-4-11-18(17)23-16-9-2-1-8-15(16)21-19(22)23/h1,3-8,10-12H,2,9H2. The van der Waals surface area contributed by atoms with Gasteiger partial charge in [0.2, 0.25) is 5.78 Å². The van der Waals surface area contributed by atoms with Crippen molar-refractivity contribution >= 4 is 38.8 Å². The lowest BCUT2D eigenvalue weighted by atomic mass is 10.1. The molecule has 0 saturated carbocycles. The number of aryl methyl sites for hydroxylation is 1. The molecule has 0 saturated heterocycles. The molecule has 112 valence electrons. The number of nitrogens with zero attached hydrogens (tertiary/aromatic N) is 3. The molecule has 0 atom stereocenters. The van der Waals surface area contributed by atoms with Gasteiger partial charge >= 0.3 is 0 Å². The Hall–Kier alpha value is -2.33. The third-order valence-electron chi connectivity index (χ3n) is 4.44. The lowest BCUT2D eigenvalue weighted by Gasteiger charge is -2.06. The summed E-state index contributed by atoms with van der Waals surface area (Å²) in [6.45, 7) is 0. The Balaban J connectivity index is 1.97. The zero-order valence-corrected chi connectivity index (χ0v) is 14.0. The number of benzene rings is 2. The summed E-state index contributed by atoms with van der Waals surface area (Å²) in [4.78, 5) is 4.92. The van der Waals surface area contributed by atoms with Gasteiger partial charge in [-0.05, 0) is 49.2 Å². The summed E-state index contributed by atoms with van der Waals surface area (Å²) in [5.41, 5.74) is 5.93. The molecule has 0 spiro atoms. The van der Waals surface area contributed by atoms with E-state index < -0.39 is 0 Å². The zero-order valence-electron chi connectivity index (χ0n) is 12.4. The monoisotopic (exact) mass is 363 g/mol. The van der Waals surface area contributed by atoms with Crippen LogP contribution in [0.1, 0.15) is 17.8 Å². The van der Waals surface area contributed by atoms with E-state index in [9.17, 15) is 0 Å². The Morgan fingerprint density at radius 1 is 1.00 bits per heavy atom. The number of aromatic nitrogens is 3. The summed E-state index contributed by atoms with van der Waals surface area (Å²) in [6.07, 6.45) is 6.48. The van der Waals surface area contributed by atoms with Crippen LogP contribution in [0.4, 0.5) is 0 Å². The van der Waals surface area contributed by atoms with E-state index >= 15 is 0 Å². The summed E-state index contributed by atoms with van der Waals surface area (Å²) < 4.78 is 5.63. The van der Waals surface area contributed by atoms with Crippen LogP contribution >= 0.6 is 15.9 Å². The molecule has 3 nitrogen and oxygen atoms in total. The van der Waals surface area contributed by atoms with Gasteiger partial charge in [-0.2, -0.15) is 0 Å². The van der Waals surface area contributed by atoms with Gasteiger partial charge in [0.25, 0.3) is 0 Å². The minimum Gasteiger partial charge on any atom is -0.280 e. The lowest BCUT2D eigenvalue weighted by molar-refractivity contribution is 0.920. The second-order valence-corrected chi connectivity index (χ2v) is 6.74. The highest BCUT2D eigenvalue weighted by molar-refractivity contribution is 9.10. The van der Waals surface area contributed by atoms with Gasteiger partial charge in [-0.25, -0.2) is 4.98 Å². The van der Waals surface area contributed by atoms with Crippen LogP contribution in [0.3, 0.4) is 0 Å². The number of imidazole rings is 2. The molecular weight excluding hydrogens is 350 g/mol. The Morgan fingerprint density at radius 2 is 1.87 bits per heavy atom. The molecule has 1 aliphatic carbocycles. The largest absolute Gasteiger partial charge is 0.280 e. The van der Waals surface area contributed by atoms with Crippen molar-refractivity contribution in [3.63, 3.8) is 0 Å². The fourth-order valence-corrected chi connectivity index (χ4v) is 3.86. The second kappa shape index (κ2) is 4.83. The van der Waals surface area contributed by atoms with Gasteiger partial charge in [-0.1, -0.05) is 40.2 Å². The van der Waals surface area contributed by atoms with E-state index in [-0.39, 0.29) is 0 Å². The maximum Gasteiger partial charge on any atom is 0.220 e. The van der Waals surface area contributed by atoms with Crippen LogP contribution in [0.2, 0.25) is 0 Å². The molecule has 0 fully saturated rings. The molecule has 0 bridgehead atoms. The summed E-state index contributed by atoms with van der Waals surface area (Å²) in [7, 11) is 0. The smallest absolute Gasteiger partial charge is 0.220 e. The average molecular weight is 364 g/mol. The van der Waals surface area contributed by atoms with E-state index in [1.54, 1.807) is 0 Å². The van der Waals surface area contributed by atoms with Gasteiger partial charge < -0.3 is 0 Å². The molecule has 2 heterocycles. The van der Waals surface area contributed by atoms with E-state index in [0.717, 1.165) is 34.5 Å². The number of fused-ring (bicyclic) bond motifs is 5. The molecule has 0 aliphatic heterocycles. The molecular formula is C19H14BrN3. The van der Waals surface area contributed by atoms with E-state index in [0.29, 0.717) is 0 Å².